The Morgan fingerprint density at radius 2 is 1.84 bits per heavy atom. The van der Waals surface area contributed by atoms with E-state index in [1.165, 1.54) is 12.1 Å². The van der Waals surface area contributed by atoms with Crippen LogP contribution in [0.4, 0.5) is 26.2 Å². The Morgan fingerprint density at radius 3 is 2.55 bits per heavy atom. The van der Waals surface area contributed by atoms with Crippen LogP contribution in [0.1, 0.15) is 24.6 Å². The fourth-order valence-electron chi connectivity index (χ4n) is 3.40. The van der Waals surface area contributed by atoms with Crippen LogP contribution in [0.2, 0.25) is 5.02 Å². The molecule has 4 aromatic rings. The van der Waals surface area contributed by atoms with Gasteiger partial charge in [0.25, 0.3) is 0 Å². The van der Waals surface area contributed by atoms with E-state index >= 15 is 0 Å². The average Bonchev–Trinajstić information content (AvgIpc) is 3.49. The number of nitrogens with two attached hydrogens (primary N) is 1. The number of rotatable bonds is 6. The van der Waals surface area contributed by atoms with Gasteiger partial charge >= 0.3 is 6.61 Å². The Morgan fingerprint density at radius 1 is 1.06 bits per heavy atom. The Bertz CT molecular complexity index is 1260. The summed E-state index contributed by atoms with van der Waals surface area (Å²) in [6.45, 7) is -2.88. The first kappa shape index (κ1) is 19.5. The predicted molar refractivity (Wildman–Crippen MR) is 114 cm³/mol. The standard InChI is InChI=1S/C21H17ClF2N6O/c22-12-3-8-16-15(9-12)27-19(11-1-2-11)30(16)18-10-17(25)28-21(29-18)26-13-4-6-14(7-5-13)31-20(23)24/h3-11,20H,1-2H2,(H3,25,26,28,29). The van der Waals surface area contributed by atoms with Crippen molar-refractivity contribution in [2.24, 2.45) is 0 Å². The quantitative estimate of drug-likeness (QED) is 0.422. The van der Waals surface area contributed by atoms with Crippen molar-refractivity contribution < 1.29 is 13.5 Å². The van der Waals surface area contributed by atoms with Gasteiger partial charge < -0.3 is 15.8 Å². The minimum absolute atomic E-state index is 0.0624. The summed E-state index contributed by atoms with van der Waals surface area (Å²) in [5.74, 6) is 2.47. The molecule has 3 N–H and O–H groups in total. The number of ether oxygens (including phenoxy) is 1. The van der Waals surface area contributed by atoms with Gasteiger partial charge in [0.2, 0.25) is 5.95 Å². The van der Waals surface area contributed by atoms with Crippen LogP contribution in [0.15, 0.2) is 48.5 Å². The molecule has 1 saturated carbocycles. The average molecular weight is 443 g/mol. The molecule has 1 aliphatic carbocycles. The molecule has 1 aliphatic rings. The normalized spacial score (nSPS) is 13.7. The molecule has 5 rings (SSSR count). The third kappa shape index (κ3) is 4.09. The second kappa shape index (κ2) is 7.66. The molecule has 0 saturated heterocycles. The lowest BCUT2D eigenvalue weighted by Crippen LogP contribution is -2.08. The molecule has 2 aromatic carbocycles. The zero-order valence-corrected chi connectivity index (χ0v) is 16.9. The summed E-state index contributed by atoms with van der Waals surface area (Å²) in [4.78, 5) is 13.6. The molecule has 7 nitrogen and oxygen atoms in total. The third-order valence-electron chi connectivity index (χ3n) is 4.88. The van der Waals surface area contributed by atoms with Gasteiger partial charge in [-0.25, -0.2) is 4.98 Å². The summed E-state index contributed by atoms with van der Waals surface area (Å²) in [6.07, 6.45) is 2.13. The van der Waals surface area contributed by atoms with Crippen molar-refractivity contribution in [1.29, 1.82) is 0 Å². The lowest BCUT2D eigenvalue weighted by Gasteiger charge is -2.12. The number of nitrogen functional groups attached to an aromatic ring is 1. The van der Waals surface area contributed by atoms with Crippen LogP contribution in [0, 0.1) is 0 Å². The van der Waals surface area contributed by atoms with E-state index in [9.17, 15) is 8.78 Å². The SMILES string of the molecule is Nc1cc(-n2c(C3CC3)nc3cc(Cl)ccc32)nc(Nc2ccc(OC(F)F)cc2)n1. The molecule has 0 unspecified atom stereocenters. The van der Waals surface area contributed by atoms with Crippen LogP contribution in [-0.2, 0) is 0 Å². The Kier molecular flexibility index (Phi) is 4.82. The Hall–Kier alpha value is -3.46. The van der Waals surface area contributed by atoms with E-state index in [4.69, 9.17) is 22.3 Å². The van der Waals surface area contributed by atoms with Crippen LogP contribution in [0.3, 0.4) is 0 Å². The molecular formula is C21H17ClF2N6O. The number of halogens is 3. The van der Waals surface area contributed by atoms with E-state index in [0.717, 1.165) is 29.7 Å². The van der Waals surface area contributed by atoms with E-state index in [-0.39, 0.29) is 17.5 Å². The van der Waals surface area contributed by atoms with Gasteiger partial charge in [0.1, 0.15) is 23.2 Å². The number of hydrogen-bond donors (Lipinski definition) is 2. The van der Waals surface area contributed by atoms with Gasteiger partial charge in [-0.15, -0.1) is 0 Å². The lowest BCUT2D eigenvalue weighted by atomic mass is 10.3. The van der Waals surface area contributed by atoms with Gasteiger partial charge in [-0.05, 0) is 55.3 Å². The monoisotopic (exact) mass is 442 g/mol. The number of nitrogens with one attached hydrogen (secondary N) is 1. The van der Waals surface area contributed by atoms with Crippen molar-refractivity contribution in [3.8, 4) is 11.6 Å². The largest absolute Gasteiger partial charge is 0.435 e. The fraction of sp³-hybridized carbons (Fsp3) is 0.190. The smallest absolute Gasteiger partial charge is 0.387 e. The van der Waals surface area contributed by atoms with E-state index in [1.54, 1.807) is 18.2 Å². The summed E-state index contributed by atoms with van der Waals surface area (Å²) in [5.41, 5.74) is 8.32. The number of imidazole rings is 1. The molecule has 0 atom stereocenters. The number of fused-ring (bicyclic) bond motifs is 1. The van der Waals surface area contributed by atoms with E-state index in [1.807, 2.05) is 22.8 Å². The van der Waals surface area contributed by atoms with Crippen LogP contribution in [0.25, 0.3) is 16.9 Å². The first-order valence-corrected chi connectivity index (χ1v) is 9.99. The van der Waals surface area contributed by atoms with E-state index in [0.29, 0.717) is 22.4 Å². The maximum Gasteiger partial charge on any atom is 0.387 e. The number of benzene rings is 2. The van der Waals surface area contributed by atoms with Crippen LogP contribution in [0.5, 0.6) is 5.75 Å². The molecule has 0 radical (unpaired) electrons. The number of hydrogen-bond acceptors (Lipinski definition) is 6. The highest BCUT2D eigenvalue weighted by atomic mass is 35.5. The number of nitrogens with zero attached hydrogens (tertiary/aromatic N) is 4. The Balaban J connectivity index is 1.51. The summed E-state index contributed by atoms with van der Waals surface area (Å²) in [6, 6.07) is 13.3. The lowest BCUT2D eigenvalue weighted by molar-refractivity contribution is -0.0498. The van der Waals surface area contributed by atoms with Crippen LogP contribution in [-0.4, -0.2) is 26.1 Å². The van der Waals surface area contributed by atoms with Crippen molar-refractivity contribution in [3.63, 3.8) is 0 Å². The fourth-order valence-corrected chi connectivity index (χ4v) is 3.57. The van der Waals surface area contributed by atoms with Crippen molar-refractivity contribution >= 4 is 40.1 Å². The number of alkyl halides is 2. The first-order valence-electron chi connectivity index (χ1n) is 9.61. The molecule has 31 heavy (non-hydrogen) atoms. The van der Waals surface area contributed by atoms with Gasteiger partial charge in [-0.1, -0.05) is 11.6 Å². The van der Waals surface area contributed by atoms with E-state index < -0.39 is 6.61 Å². The molecule has 2 heterocycles. The van der Waals surface area contributed by atoms with Gasteiger partial charge in [-0.2, -0.15) is 18.7 Å². The van der Waals surface area contributed by atoms with Gasteiger partial charge in [0, 0.05) is 22.7 Å². The van der Waals surface area contributed by atoms with E-state index in [2.05, 4.69) is 20.0 Å². The summed E-state index contributed by atoms with van der Waals surface area (Å²) in [5, 5.41) is 3.66. The number of anilines is 3. The highest BCUT2D eigenvalue weighted by molar-refractivity contribution is 6.31. The van der Waals surface area contributed by atoms with Crippen molar-refractivity contribution in [1.82, 2.24) is 19.5 Å². The van der Waals surface area contributed by atoms with Crippen molar-refractivity contribution in [2.75, 3.05) is 11.1 Å². The van der Waals surface area contributed by atoms with Crippen molar-refractivity contribution in [3.05, 3.63) is 59.4 Å². The highest BCUT2D eigenvalue weighted by Gasteiger charge is 2.30. The molecule has 0 bridgehead atoms. The molecule has 0 aliphatic heterocycles. The second-order valence-corrected chi connectivity index (χ2v) is 7.65. The molecule has 0 amide bonds. The minimum Gasteiger partial charge on any atom is -0.435 e. The summed E-state index contributed by atoms with van der Waals surface area (Å²) >= 11 is 6.15. The third-order valence-corrected chi connectivity index (χ3v) is 5.12. The number of aromatic nitrogens is 4. The Labute approximate surface area is 180 Å². The zero-order valence-electron chi connectivity index (χ0n) is 16.1. The maximum atomic E-state index is 12.3. The molecule has 10 heteroatoms. The van der Waals surface area contributed by atoms with Gasteiger partial charge in [-0.3, -0.25) is 4.57 Å². The minimum atomic E-state index is -2.88. The summed E-state index contributed by atoms with van der Waals surface area (Å²) < 4.78 is 31.0. The van der Waals surface area contributed by atoms with Crippen LogP contribution < -0.4 is 15.8 Å². The topological polar surface area (TPSA) is 90.9 Å². The summed E-state index contributed by atoms with van der Waals surface area (Å²) in [7, 11) is 0. The van der Waals surface area contributed by atoms with Crippen molar-refractivity contribution in [2.45, 2.75) is 25.4 Å². The zero-order chi connectivity index (χ0) is 21.5. The highest BCUT2D eigenvalue weighted by Crippen LogP contribution is 2.42. The van der Waals surface area contributed by atoms with Gasteiger partial charge in [0.05, 0.1) is 11.0 Å². The molecule has 158 valence electrons. The molecular weight excluding hydrogens is 426 g/mol. The molecule has 2 aromatic heterocycles. The molecule has 1 fully saturated rings. The first-order chi connectivity index (χ1) is 15.0. The van der Waals surface area contributed by atoms with Gasteiger partial charge in [0.15, 0.2) is 0 Å². The second-order valence-electron chi connectivity index (χ2n) is 7.22. The predicted octanol–water partition coefficient (Wildman–Crippen LogP) is 5.27. The molecule has 0 spiro atoms. The maximum absolute atomic E-state index is 12.3. The van der Waals surface area contributed by atoms with Crippen LogP contribution >= 0.6 is 11.6 Å².